The van der Waals surface area contributed by atoms with Crippen LogP contribution in [0.1, 0.15) is 59.8 Å². The molecule has 5 atom stereocenters. The van der Waals surface area contributed by atoms with Crippen LogP contribution in [-0.4, -0.2) is 36.6 Å². The van der Waals surface area contributed by atoms with E-state index in [0.717, 1.165) is 36.4 Å². The van der Waals surface area contributed by atoms with E-state index in [1.54, 1.807) is 0 Å². The van der Waals surface area contributed by atoms with Gasteiger partial charge >= 0.3 is 0 Å². The zero-order chi connectivity index (χ0) is 13.8. The number of hydrogen-bond donors (Lipinski definition) is 1. The quantitative estimate of drug-likeness (QED) is 0.819. The van der Waals surface area contributed by atoms with Gasteiger partial charge in [-0.1, -0.05) is 34.1 Å². The first-order chi connectivity index (χ1) is 9.15. The van der Waals surface area contributed by atoms with Crippen molar-refractivity contribution in [3.63, 3.8) is 0 Å². The second-order valence-electron chi connectivity index (χ2n) is 7.15. The van der Waals surface area contributed by atoms with Crippen LogP contribution in [0.5, 0.6) is 0 Å². The van der Waals surface area contributed by atoms with Crippen molar-refractivity contribution < 1.29 is 0 Å². The summed E-state index contributed by atoms with van der Waals surface area (Å²) in [4.78, 5) is 2.82. The molecular weight excluding hydrogens is 232 g/mol. The molecule has 2 heteroatoms. The molecule has 2 fully saturated rings. The molecule has 2 rings (SSSR count). The highest BCUT2D eigenvalue weighted by atomic mass is 15.2. The topological polar surface area (TPSA) is 15.3 Å². The predicted octanol–water partition coefficient (Wildman–Crippen LogP) is 3.52. The largest absolute Gasteiger partial charge is 0.313 e. The highest BCUT2D eigenvalue weighted by molar-refractivity contribution is 4.96. The van der Waals surface area contributed by atoms with Crippen LogP contribution in [0.15, 0.2) is 0 Å². The zero-order valence-corrected chi connectivity index (χ0v) is 13.5. The fraction of sp³-hybridized carbons (Fsp3) is 1.00. The van der Waals surface area contributed by atoms with E-state index in [4.69, 9.17) is 0 Å². The molecule has 5 unspecified atom stereocenters. The molecule has 1 saturated carbocycles. The van der Waals surface area contributed by atoms with Gasteiger partial charge in [-0.2, -0.15) is 0 Å². The molecule has 1 heterocycles. The minimum absolute atomic E-state index is 0.726. The third-order valence-electron chi connectivity index (χ3n) is 5.33. The first-order valence-corrected chi connectivity index (χ1v) is 8.63. The number of rotatable bonds is 5. The fourth-order valence-electron chi connectivity index (χ4n) is 4.70. The van der Waals surface area contributed by atoms with Crippen LogP contribution in [0, 0.1) is 17.8 Å². The fourth-order valence-corrected chi connectivity index (χ4v) is 4.70. The summed E-state index contributed by atoms with van der Waals surface area (Å²) < 4.78 is 0. The van der Waals surface area contributed by atoms with Gasteiger partial charge in [0.25, 0.3) is 0 Å². The molecule has 1 N–H and O–H groups in total. The maximum atomic E-state index is 3.78. The Morgan fingerprint density at radius 1 is 1.16 bits per heavy atom. The van der Waals surface area contributed by atoms with Gasteiger partial charge in [-0.3, -0.25) is 4.90 Å². The average Bonchev–Trinajstić information content (AvgIpc) is 2.77. The van der Waals surface area contributed by atoms with E-state index in [0.29, 0.717) is 0 Å². The maximum Gasteiger partial charge on any atom is 0.0275 e. The van der Waals surface area contributed by atoms with Crippen LogP contribution in [0.3, 0.4) is 0 Å². The number of nitrogens with zero attached hydrogens (tertiary/aromatic N) is 1. The molecule has 0 radical (unpaired) electrons. The lowest BCUT2D eigenvalue weighted by atomic mass is 9.76. The maximum absolute atomic E-state index is 3.78. The van der Waals surface area contributed by atoms with Gasteiger partial charge in [0.2, 0.25) is 0 Å². The van der Waals surface area contributed by atoms with Crippen LogP contribution in [0.2, 0.25) is 0 Å². The van der Waals surface area contributed by atoms with E-state index >= 15 is 0 Å². The Bertz CT molecular complexity index is 266. The van der Waals surface area contributed by atoms with Crippen molar-refractivity contribution in [3.8, 4) is 0 Å². The summed E-state index contributed by atoms with van der Waals surface area (Å²) in [5.41, 5.74) is 0. The van der Waals surface area contributed by atoms with Crippen molar-refractivity contribution in [2.75, 3.05) is 19.6 Å². The SMILES string of the molecule is CCCC1CCN(C2C(C)CC(C)CC2NCC)C1. The molecule has 0 bridgehead atoms. The number of nitrogens with one attached hydrogen (secondary N) is 1. The van der Waals surface area contributed by atoms with Gasteiger partial charge in [-0.25, -0.2) is 0 Å². The highest BCUT2D eigenvalue weighted by Crippen LogP contribution is 2.35. The Hall–Kier alpha value is -0.0800. The summed E-state index contributed by atoms with van der Waals surface area (Å²) in [5.74, 6) is 2.72. The standard InChI is InChI=1S/C17H34N2/c1-5-7-15-8-9-19(12-15)17-14(4)10-13(3)11-16(17)18-6-2/h13-18H,5-12H2,1-4H3. The lowest BCUT2D eigenvalue weighted by Crippen LogP contribution is -2.56. The molecule has 0 spiro atoms. The molecule has 1 aliphatic carbocycles. The second kappa shape index (κ2) is 7.08. The first-order valence-electron chi connectivity index (χ1n) is 8.63. The molecule has 0 aromatic rings. The average molecular weight is 266 g/mol. The summed E-state index contributed by atoms with van der Waals surface area (Å²) in [6, 6.07) is 1.52. The van der Waals surface area contributed by atoms with Crippen LogP contribution in [0.25, 0.3) is 0 Å². The van der Waals surface area contributed by atoms with Gasteiger partial charge in [0.05, 0.1) is 0 Å². The van der Waals surface area contributed by atoms with Crippen LogP contribution >= 0.6 is 0 Å². The van der Waals surface area contributed by atoms with Gasteiger partial charge in [0.15, 0.2) is 0 Å². The molecule has 1 aliphatic heterocycles. The number of likely N-dealkylation sites (tertiary alicyclic amines) is 1. The Labute approximate surface area is 120 Å². The van der Waals surface area contributed by atoms with Crippen molar-refractivity contribution in [3.05, 3.63) is 0 Å². The Morgan fingerprint density at radius 2 is 1.95 bits per heavy atom. The second-order valence-corrected chi connectivity index (χ2v) is 7.15. The third-order valence-corrected chi connectivity index (χ3v) is 5.33. The molecule has 0 aromatic carbocycles. The molecule has 2 nitrogen and oxygen atoms in total. The predicted molar refractivity (Wildman–Crippen MR) is 83.4 cm³/mol. The van der Waals surface area contributed by atoms with Gasteiger partial charge in [0, 0.05) is 18.6 Å². The zero-order valence-electron chi connectivity index (χ0n) is 13.5. The van der Waals surface area contributed by atoms with E-state index in [1.807, 2.05) is 0 Å². The van der Waals surface area contributed by atoms with Crippen molar-refractivity contribution in [1.29, 1.82) is 0 Å². The Balaban J connectivity index is 1.99. The smallest absolute Gasteiger partial charge is 0.0275 e. The molecule has 0 aromatic heterocycles. The number of likely N-dealkylation sites (N-methyl/N-ethyl adjacent to an activating group) is 1. The molecule has 19 heavy (non-hydrogen) atoms. The molecule has 0 amide bonds. The van der Waals surface area contributed by atoms with Gasteiger partial charge in [-0.05, 0) is 56.5 Å². The van der Waals surface area contributed by atoms with Crippen molar-refractivity contribution in [1.82, 2.24) is 10.2 Å². The summed E-state index contributed by atoms with van der Waals surface area (Å²) >= 11 is 0. The highest BCUT2D eigenvalue weighted by Gasteiger charge is 2.39. The lowest BCUT2D eigenvalue weighted by molar-refractivity contribution is 0.0766. The van der Waals surface area contributed by atoms with Gasteiger partial charge in [-0.15, -0.1) is 0 Å². The Morgan fingerprint density at radius 3 is 2.63 bits per heavy atom. The number of hydrogen-bond acceptors (Lipinski definition) is 2. The molecule has 112 valence electrons. The van der Waals surface area contributed by atoms with Crippen molar-refractivity contribution >= 4 is 0 Å². The first kappa shape index (κ1) is 15.3. The summed E-state index contributed by atoms with van der Waals surface area (Å²) in [5, 5.41) is 3.78. The van der Waals surface area contributed by atoms with E-state index < -0.39 is 0 Å². The van der Waals surface area contributed by atoms with Crippen molar-refractivity contribution in [2.45, 2.75) is 71.9 Å². The van der Waals surface area contributed by atoms with E-state index in [2.05, 4.69) is 37.9 Å². The molecule has 1 saturated heterocycles. The van der Waals surface area contributed by atoms with Crippen molar-refractivity contribution in [2.24, 2.45) is 17.8 Å². The summed E-state index contributed by atoms with van der Waals surface area (Å²) in [6.45, 7) is 13.3. The monoisotopic (exact) mass is 266 g/mol. The summed E-state index contributed by atoms with van der Waals surface area (Å²) in [7, 11) is 0. The Kier molecular flexibility index (Phi) is 5.70. The van der Waals surface area contributed by atoms with Crippen LogP contribution in [-0.2, 0) is 0 Å². The van der Waals surface area contributed by atoms with E-state index in [9.17, 15) is 0 Å². The summed E-state index contributed by atoms with van der Waals surface area (Å²) in [6.07, 6.45) is 7.01. The third kappa shape index (κ3) is 3.72. The minimum atomic E-state index is 0.726. The lowest BCUT2D eigenvalue weighted by Gasteiger charge is -2.45. The minimum Gasteiger partial charge on any atom is -0.313 e. The van der Waals surface area contributed by atoms with E-state index in [-0.39, 0.29) is 0 Å². The molecule has 2 aliphatic rings. The van der Waals surface area contributed by atoms with E-state index in [1.165, 1.54) is 45.2 Å². The van der Waals surface area contributed by atoms with Gasteiger partial charge in [0.1, 0.15) is 0 Å². The molecular formula is C17H34N2. The van der Waals surface area contributed by atoms with Crippen LogP contribution in [0.4, 0.5) is 0 Å². The normalized spacial score (nSPS) is 40.7. The van der Waals surface area contributed by atoms with Crippen LogP contribution < -0.4 is 5.32 Å². The van der Waals surface area contributed by atoms with Gasteiger partial charge < -0.3 is 5.32 Å².